The van der Waals surface area contributed by atoms with Crippen LogP contribution in [0.2, 0.25) is 0 Å². The molecule has 1 atom stereocenters. The summed E-state index contributed by atoms with van der Waals surface area (Å²) in [7, 11) is 1.93. The summed E-state index contributed by atoms with van der Waals surface area (Å²) in [5, 5.41) is 3.18. The second-order valence-electron chi connectivity index (χ2n) is 4.87. The molecule has 0 aliphatic heterocycles. The molecule has 2 rings (SSSR count). The molecule has 0 aliphatic carbocycles. The number of benzene rings is 2. The van der Waals surface area contributed by atoms with E-state index in [-0.39, 0.29) is 6.10 Å². The van der Waals surface area contributed by atoms with Crippen LogP contribution in [0.15, 0.2) is 54.6 Å². The summed E-state index contributed by atoms with van der Waals surface area (Å²) >= 11 is 0. The minimum absolute atomic E-state index is 0.0393. The topological polar surface area (TPSA) is 30.5 Å². The summed E-state index contributed by atoms with van der Waals surface area (Å²) < 4.78 is 11.9. The van der Waals surface area contributed by atoms with Crippen LogP contribution in [0.25, 0.3) is 0 Å². The molecule has 0 aromatic heterocycles. The van der Waals surface area contributed by atoms with E-state index < -0.39 is 0 Å². The van der Waals surface area contributed by atoms with Crippen molar-refractivity contribution >= 4 is 0 Å². The molecule has 1 N–H and O–H groups in total. The van der Waals surface area contributed by atoms with E-state index in [2.05, 4.69) is 24.4 Å². The van der Waals surface area contributed by atoms with Crippen LogP contribution in [-0.2, 0) is 0 Å². The van der Waals surface area contributed by atoms with E-state index in [9.17, 15) is 0 Å². The minimum atomic E-state index is -0.0393. The molecule has 0 spiro atoms. The van der Waals surface area contributed by atoms with Gasteiger partial charge in [0.2, 0.25) is 0 Å². The van der Waals surface area contributed by atoms with Crippen LogP contribution in [0.3, 0.4) is 0 Å². The lowest BCUT2D eigenvalue weighted by Crippen LogP contribution is -2.22. The molecule has 0 bridgehead atoms. The zero-order chi connectivity index (χ0) is 14.9. The Morgan fingerprint density at radius 3 is 2.29 bits per heavy atom. The SMILES string of the molecule is CCCOc1ccccc1OC(CNC)c1ccccc1. The normalized spacial score (nSPS) is 11.9. The number of rotatable bonds is 8. The summed E-state index contributed by atoms with van der Waals surface area (Å²) in [5.41, 5.74) is 1.15. The number of para-hydroxylation sites is 2. The lowest BCUT2D eigenvalue weighted by atomic mass is 10.1. The minimum Gasteiger partial charge on any atom is -0.490 e. The highest BCUT2D eigenvalue weighted by molar-refractivity contribution is 5.40. The second-order valence-corrected chi connectivity index (χ2v) is 4.87. The van der Waals surface area contributed by atoms with Gasteiger partial charge in [0.25, 0.3) is 0 Å². The molecule has 3 nitrogen and oxygen atoms in total. The third-order valence-corrected chi connectivity index (χ3v) is 3.14. The molecule has 3 heteroatoms. The molecule has 0 fully saturated rings. The van der Waals surface area contributed by atoms with Gasteiger partial charge in [0, 0.05) is 6.54 Å². The summed E-state index contributed by atoms with van der Waals surface area (Å²) in [6.07, 6.45) is 0.940. The average Bonchev–Trinajstić information content (AvgIpc) is 2.54. The van der Waals surface area contributed by atoms with Gasteiger partial charge in [-0.05, 0) is 31.2 Å². The lowest BCUT2D eigenvalue weighted by Gasteiger charge is -2.21. The molecule has 0 heterocycles. The van der Waals surface area contributed by atoms with Crippen molar-refractivity contribution in [3.8, 4) is 11.5 Å². The number of hydrogen-bond acceptors (Lipinski definition) is 3. The van der Waals surface area contributed by atoms with Crippen LogP contribution in [0, 0.1) is 0 Å². The van der Waals surface area contributed by atoms with Gasteiger partial charge in [-0.1, -0.05) is 49.4 Å². The molecule has 0 radical (unpaired) electrons. The van der Waals surface area contributed by atoms with Crippen LogP contribution in [0.5, 0.6) is 11.5 Å². The van der Waals surface area contributed by atoms with Gasteiger partial charge in [-0.3, -0.25) is 0 Å². The first-order valence-electron chi connectivity index (χ1n) is 7.43. The first kappa shape index (κ1) is 15.4. The van der Waals surface area contributed by atoms with Crippen molar-refractivity contribution in [1.82, 2.24) is 5.32 Å². The van der Waals surface area contributed by atoms with Crippen LogP contribution >= 0.6 is 0 Å². The second kappa shape index (κ2) is 8.32. The van der Waals surface area contributed by atoms with Crippen molar-refractivity contribution < 1.29 is 9.47 Å². The van der Waals surface area contributed by atoms with Crippen molar-refractivity contribution in [3.05, 3.63) is 60.2 Å². The monoisotopic (exact) mass is 285 g/mol. The molecule has 2 aromatic carbocycles. The predicted octanol–water partition coefficient (Wildman–Crippen LogP) is 3.81. The number of likely N-dealkylation sites (N-methyl/N-ethyl adjacent to an activating group) is 1. The fourth-order valence-corrected chi connectivity index (χ4v) is 2.11. The van der Waals surface area contributed by atoms with Gasteiger partial charge in [0.05, 0.1) is 6.61 Å². The molecular formula is C18H23NO2. The summed E-state index contributed by atoms with van der Waals surface area (Å²) in [5.74, 6) is 1.59. The third-order valence-electron chi connectivity index (χ3n) is 3.14. The lowest BCUT2D eigenvalue weighted by molar-refractivity contribution is 0.191. The van der Waals surface area contributed by atoms with Crippen molar-refractivity contribution in [2.24, 2.45) is 0 Å². The van der Waals surface area contributed by atoms with Crippen molar-refractivity contribution in [3.63, 3.8) is 0 Å². The Morgan fingerprint density at radius 2 is 1.62 bits per heavy atom. The van der Waals surface area contributed by atoms with E-state index in [1.54, 1.807) is 0 Å². The number of nitrogens with one attached hydrogen (secondary N) is 1. The Morgan fingerprint density at radius 1 is 0.952 bits per heavy atom. The van der Waals surface area contributed by atoms with E-state index in [4.69, 9.17) is 9.47 Å². The van der Waals surface area contributed by atoms with E-state index >= 15 is 0 Å². The van der Waals surface area contributed by atoms with E-state index in [1.165, 1.54) is 0 Å². The predicted molar refractivity (Wildman–Crippen MR) is 86.0 cm³/mol. The Hall–Kier alpha value is -2.00. The molecule has 112 valence electrons. The Labute approximate surface area is 126 Å². The molecular weight excluding hydrogens is 262 g/mol. The fourth-order valence-electron chi connectivity index (χ4n) is 2.11. The van der Waals surface area contributed by atoms with Gasteiger partial charge in [0.1, 0.15) is 6.10 Å². The summed E-state index contributed by atoms with van der Waals surface area (Å²) in [4.78, 5) is 0. The first-order valence-corrected chi connectivity index (χ1v) is 7.43. The fraction of sp³-hybridized carbons (Fsp3) is 0.333. The van der Waals surface area contributed by atoms with E-state index in [0.717, 1.165) is 30.0 Å². The van der Waals surface area contributed by atoms with Gasteiger partial charge < -0.3 is 14.8 Å². The molecule has 0 amide bonds. The Bertz CT molecular complexity index is 528. The van der Waals surface area contributed by atoms with Crippen molar-refractivity contribution in [2.75, 3.05) is 20.2 Å². The zero-order valence-corrected chi connectivity index (χ0v) is 12.7. The first-order chi connectivity index (χ1) is 10.3. The summed E-state index contributed by atoms with van der Waals surface area (Å²) in [6.45, 7) is 3.53. The molecule has 2 aromatic rings. The maximum Gasteiger partial charge on any atom is 0.162 e. The Kier molecular flexibility index (Phi) is 6.10. The summed E-state index contributed by atoms with van der Waals surface area (Å²) in [6, 6.07) is 18.1. The largest absolute Gasteiger partial charge is 0.490 e. The van der Waals surface area contributed by atoms with Gasteiger partial charge in [-0.25, -0.2) is 0 Å². The van der Waals surface area contributed by atoms with Crippen molar-refractivity contribution in [1.29, 1.82) is 0 Å². The molecule has 1 unspecified atom stereocenters. The van der Waals surface area contributed by atoms with Crippen LogP contribution in [0.1, 0.15) is 25.0 Å². The van der Waals surface area contributed by atoms with Crippen LogP contribution in [0.4, 0.5) is 0 Å². The van der Waals surface area contributed by atoms with E-state index in [1.807, 2.05) is 49.5 Å². The number of ether oxygens (including phenoxy) is 2. The van der Waals surface area contributed by atoms with Gasteiger partial charge in [-0.15, -0.1) is 0 Å². The highest BCUT2D eigenvalue weighted by Gasteiger charge is 2.14. The quantitative estimate of drug-likeness (QED) is 0.800. The number of hydrogen-bond donors (Lipinski definition) is 1. The van der Waals surface area contributed by atoms with Gasteiger partial charge >= 0.3 is 0 Å². The van der Waals surface area contributed by atoms with E-state index in [0.29, 0.717) is 6.61 Å². The zero-order valence-electron chi connectivity index (χ0n) is 12.7. The highest BCUT2D eigenvalue weighted by Crippen LogP contribution is 2.31. The van der Waals surface area contributed by atoms with Crippen LogP contribution in [-0.4, -0.2) is 20.2 Å². The molecule has 21 heavy (non-hydrogen) atoms. The highest BCUT2D eigenvalue weighted by atomic mass is 16.5. The third kappa shape index (κ3) is 4.50. The molecule has 0 saturated carbocycles. The van der Waals surface area contributed by atoms with Crippen molar-refractivity contribution in [2.45, 2.75) is 19.4 Å². The maximum atomic E-state index is 6.18. The Balaban J connectivity index is 2.17. The van der Waals surface area contributed by atoms with Crippen LogP contribution < -0.4 is 14.8 Å². The standard InChI is InChI=1S/C18H23NO2/c1-3-13-20-16-11-7-8-12-17(16)21-18(14-19-2)15-9-5-4-6-10-15/h4-12,18-19H,3,13-14H2,1-2H3. The van der Waals surface area contributed by atoms with Gasteiger partial charge in [-0.2, -0.15) is 0 Å². The smallest absolute Gasteiger partial charge is 0.162 e. The molecule has 0 saturated heterocycles. The molecule has 0 aliphatic rings. The van der Waals surface area contributed by atoms with Gasteiger partial charge in [0.15, 0.2) is 11.5 Å². The average molecular weight is 285 g/mol. The maximum absolute atomic E-state index is 6.18.